The standard InChI is InChI=1S/C14H27F3N2O/c1-11(2)5-7-19(8-6-12(3)4)13(20)9-18-10-14(15,16)17/h11-12,18H,5-10H2,1-4H3. The minimum Gasteiger partial charge on any atom is -0.342 e. The third-order valence-corrected chi connectivity index (χ3v) is 2.91. The van der Waals surface area contributed by atoms with Gasteiger partial charge in [-0.15, -0.1) is 0 Å². The summed E-state index contributed by atoms with van der Waals surface area (Å²) in [5, 5.41) is 2.16. The third-order valence-electron chi connectivity index (χ3n) is 2.91. The van der Waals surface area contributed by atoms with Crippen LogP contribution in [0.2, 0.25) is 0 Å². The molecule has 0 unspecified atom stereocenters. The average molecular weight is 296 g/mol. The Morgan fingerprint density at radius 1 is 1.05 bits per heavy atom. The first-order valence-corrected chi connectivity index (χ1v) is 7.17. The lowest BCUT2D eigenvalue weighted by molar-refractivity contribution is -0.134. The Balaban J connectivity index is 4.24. The van der Waals surface area contributed by atoms with Gasteiger partial charge in [-0.25, -0.2) is 0 Å². The molecular weight excluding hydrogens is 269 g/mol. The first-order valence-electron chi connectivity index (χ1n) is 7.17. The first-order chi connectivity index (χ1) is 9.11. The maximum atomic E-state index is 12.0. The van der Waals surface area contributed by atoms with Crippen molar-refractivity contribution in [3.8, 4) is 0 Å². The molecule has 3 nitrogen and oxygen atoms in total. The lowest BCUT2D eigenvalue weighted by Gasteiger charge is -2.25. The molecule has 0 saturated heterocycles. The van der Waals surface area contributed by atoms with E-state index in [9.17, 15) is 18.0 Å². The largest absolute Gasteiger partial charge is 0.401 e. The molecule has 0 atom stereocenters. The number of rotatable bonds is 9. The van der Waals surface area contributed by atoms with Crippen LogP contribution in [0.4, 0.5) is 13.2 Å². The van der Waals surface area contributed by atoms with E-state index in [0.717, 1.165) is 12.8 Å². The van der Waals surface area contributed by atoms with Gasteiger partial charge >= 0.3 is 6.18 Å². The molecule has 0 aliphatic carbocycles. The zero-order chi connectivity index (χ0) is 15.8. The van der Waals surface area contributed by atoms with Gasteiger partial charge in [0.15, 0.2) is 0 Å². The molecule has 1 amide bonds. The normalized spacial score (nSPS) is 12.2. The molecule has 0 aliphatic rings. The summed E-state index contributed by atoms with van der Waals surface area (Å²) in [4.78, 5) is 13.6. The van der Waals surface area contributed by atoms with Crippen LogP contribution in [-0.2, 0) is 4.79 Å². The van der Waals surface area contributed by atoms with E-state index in [-0.39, 0.29) is 12.5 Å². The summed E-state index contributed by atoms with van der Waals surface area (Å²) < 4.78 is 36.1. The highest BCUT2D eigenvalue weighted by atomic mass is 19.4. The molecule has 0 bridgehead atoms. The van der Waals surface area contributed by atoms with Gasteiger partial charge in [-0.1, -0.05) is 27.7 Å². The molecule has 0 aromatic rings. The Kier molecular flexibility index (Phi) is 8.85. The second-order valence-electron chi connectivity index (χ2n) is 5.96. The van der Waals surface area contributed by atoms with E-state index in [1.807, 2.05) is 0 Å². The number of amides is 1. The van der Waals surface area contributed by atoms with Crippen molar-refractivity contribution in [2.75, 3.05) is 26.2 Å². The highest BCUT2D eigenvalue weighted by Crippen LogP contribution is 2.12. The molecular formula is C14H27F3N2O. The Bertz CT molecular complexity index is 266. The van der Waals surface area contributed by atoms with Gasteiger partial charge in [0.2, 0.25) is 5.91 Å². The maximum absolute atomic E-state index is 12.0. The molecule has 6 heteroatoms. The second kappa shape index (κ2) is 9.21. The SMILES string of the molecule is CC(C)CCN(CCC(C)C)C(=O)CNCC(F)(F)F. The highest BCUT2D eigenvalue weighted by Gasteiger charge is 2.27. The molecule has 20 heavy (non-hydrogen) atoms. The van der Waals surface area contributed by atoms with E-state index >= 15 is 0 Å². The van der Waals surface area contributed by atoms with Crippen molar-refractivity contribution in [2.24, 2.45) is 11.8 Å². The van der Waals surface area contributed by atoms with E-state index < -0.39 is 12.7 Å². The summed E-state index contributed by atoms with van der Waals surface area (Å²) in [5.41, 5.74) is 0. The quantitative estimate of drug-likeness (QED) is 0.709. The van der Waals surface area contributed by atoms with Crippen molar-refractivity contribution in [3.63, 3.8) is 0 Å². The van der Waals surface area contributed by atoms with E-state index in [2.05, 4.69) is 33.0 Å². The molecule has 0 aromatic carbocycles. The van der Waals surface area contributed by atoms with Crippen LogP contribution in [0.3, 0.4) is 0 Å². The van der Waals surface area contributed by atoms with Crippen molar-refractivity contribution in [1.29, 1.82) is 0 Å². The molecule has 0 radical (unpaired) electrons. The van der Waals surface area contributed by atoms with Crippen molar-refractivity contribution >= 4 is 5.91 Å². The van der Waals surface area contributed by atoms with Gasteiger partial charge < -0.3 is 10.2 Å². The number of halogens is 3. The lowest BCUT2D eigenvalue weighted by atomic mass is 10.1. The molecule has 0 rings (SSSR count). The van der Waals surface area contributed by atoms with E-state index in [1.165, 1.54) is 0 Å². The lowest BCUT2D eigenvalue weighted by Crippen LogP contribution is -2.42. The van der Waals surface area contributed by atoms with Gasteiger partial charge in [0, 0.05) is 13.1 Å². The Hall–Kier alpha value is -0.780. The maximum Gasteiger partial charge on any atom is 0.401 e. The summed E-state index contributed by atoms with van der Waals surface area (Å²) in [6.07, 6.45) is -2.55. The highest BCUT2D eigenvalue weighted by molar-refractivity contribution is 5.78. The number of nitrogens with zero attached hydrogens (tertiary/aromatic N) is 1. The van der Waals surface area contributed by atoms with Crippen LogP contribution in [0.5, 0.6) is 0 Å². The molecule has 0 saturated carbocycles. The number of nitrogens with one attached hydrogen (secondary N) is 1. The van der Waals surface area contributed by atoms with Crippen LogP contribution in [0.1, 0.15) is 40.5 Å². The molecule has 0 aliphatic heterocycles. The number of carbonyl (C=O) groups is 1. The van der Waals surface area contributed by atoms with Gasteiger partial charge in [-0.2, -0.15) is 13.2 Å². The smallest absolute Gasteiger partial charge is 0.342 e. The van der Waals surface area contributed by atoms with Gasteiger partial charge in [0.1, 0.15) is 0 Å². The second-order valence-corrected chi connectivity index (χ2v) is 5.96. The predicted octanol–water partition coefficient (Wildman–Crippen LogP) is 3.06. The molecule has 1 N–H and O–H groups in total. The zero-order valence-electron chi connectivity index (χ0n) is 12.9. The van der Waals surface area contributed by atoms with E-state index in [1.54, 1.807) is 4.90 Å². The molecule has 120 valence electrons. The summed E-state index contributed by atoms with van der Waals surface area (Å²) in [6, 6.07) is 0. The van der Waals surface area contributed by atoms with Crippen LogP contribution in [0, 0.1) is 11.8 Å². The van der Waals surface area contributed by atoms with Crippen molar-refractivity contribution < 1.29 is 18.0 Å². The van der Waals surface area contributed by atoms with Crippen LogP contribution in [0.25, 0.3) is 0 Å². The van der Waals surface area contributed by atoms with Gasteiger partial charge in [-0.3, -0.25) is 4.79 Å². The minimum absolute atomic E-state index is 0.254. The number of hydrogen-bond donors (Lipinski definition) is 1. The Morgan fingerprint density at radius 2 is 1.50 bits per heavy atom. The van der Waals surface area contributed by atoms with E-state index in [4.69, 9.17) is 0 Å². The number of carbonyl (C=O) groups excluding carboxylic acids is 1. The van der Waals surface area contributed by atoms with Crippen molar-refractivity contribution in [1.82, 2.24) is 10.2 Å². The average Bonchev–Trinajstić information content (AvgIpc) is 2.26. The van der Waals surface area contributed by atoms with Crippen molar-refractivity contribution in [2.45, 2.75) is 46.7 Å². The van der Waals surface area contributed by atoms with Gasteiger partial charge in [0.05, 0.1) is 13.1 Å². The fourth-order valence-electron chi connectivity index (χ4n) is 1.61. The molecule has 0 spiro atoms. The van der Waals surface area contributed by atoms with Gasteiger partial charge in [0.25, 0.3) is 0 Å². The van der Waals surface area contributed by atoms with Crippen LogP contribution in [0.15, 0.2) is 0 Å². The predicted molar refractivity (Wildman–Crippen MR) is 74.4 cm³/mol. The summed E-state index contributed by atoms with van der Waals surface area (Å²) in [5.74, 6) is 0.676. The topological polar surface area (TPSA) is 32.3 Å². The fourth-order valence-corrected chi connectivity index (χ4v) is 1.61. The number of alkyl halides is 3. The Morgan fingerprint density at radius 3 is 1.85 bits per heavy atom. The van der Waals surface area contributed by atoms with Crippen LogP contribution in [-0.4, -0.2) is 43.2 Å². The molecule has 0 fully saturated rings. The summed E-state index contributed by atoms with van der Waals surface area (Å²) >= 11 is 0. The summed E-state index contributed by atoms with van der Waals surface area (Å²) in [6.45, 7) is 8.09. The Labute approximate surface area is 119 Å². The fraction of sp³-hybridized carbons (Fsp3) is 0.929. The molecule has 0 heterocycles. The van der Waals surface area contributed by atoms with Crippen LogP contribution >= 0.6 is 0 Å². The first kappa shape index (κ1) is 19.2. The van der Waals surface area contributed by atoms with Crippen LogP contribution < -0.4 is 5.32 Å². The van der Waals surface area contributed by atoms with E-state index in [0.29, 0.717) is 24.9 Å². The van der Waals surface area contributed by atoms with Gasteiger partial charge in [-0.05, 0) is 24.7 Å². The summed E-state index contributed by atoms with van der Waals surface area (Å²) in [7, 11) is 0. The van der Waals surface area contributed by atoms with Crippen molar-refractivity contribution in [3.05, 3.63) is 0 Å². The third kappa shape index (κ3) is 11.1. The minimum atomic E-state index is -4.28. The monoisotopic (exact) mass is 296 g/mol. The zero-order valence-corrected chi connectivity index (χ0v) is 12.9. The number of hydrogen-bond acceptors (Lipinski definition) is 2. The molecule has 0 aromatic heterocycles.